The van der Waals surface area contributed by atoms with E-state index in [2.05, 4.69) is 0 Å². The average Bonchev–Trinajstić information content (AvgIpc) is 2.40. The van der Waals surface area contributed by atoms with E-state index in [0.717, 1.165) is 37.4 Å². The molecular formula is C13H21NO3S2. The molecule has 2 fully saturated rings. The highest BCUT2D eigenvalue weighted by atomic mass is 32.2. The summed E-state index contributed by atoms with van der Waals surface area (Å²) in [7, 11) is 0. The molecule has 0 spiro atoms. The van der Waals surface area contributed by atoms with E-state index >= 15 is 0 Å². The summed E-state index contributed by atoms with van der Waals surface area (Å²) in [4.78, 5) is 24.8. The van der Waals surface area contributed by atoms with Crippen molar-refractivity contribution < 1.29 is 14.7 Å². The maximum absolute atomic E-state index is 12.2. The third-order valence-corrected chi connectivity index (χ3v) is 6.56. The second kappa shape index (κ2) is 7.43. The Labute approximate surface area is 122 Å². The number of thioether (sulfide) groups is 2. The lowest BCUT2D eigenvalue weighted by Gasteiger charge is -2.32. The number of piperidine rings is 1. The molecule has 2 aliphatic rings. The van der Waals surface area contributed by atoms with Crippen LogP contribution in [0.4, 0.5) is 0 Å². The van der Waals surface area contributed by atoms with Crippen LogP contribution in [0.3, 0.4) is 0 Å². The van der Waals surface area contributed by atoms with Gasteiger partial charge in [0.05, 0.1) is 0 Å². The molecule has 2 heterocycles. The Morgan fingerprint density at radius 1 is 1.16 bits per heavy atom. The van der Waals surface area contributed by atoms with Crippen molar-refractivity contribution in [1.29, 1.82) is 0 Å². The number of hydrogen-bond acceptors (Lipinski definition) is 4. The molecule has 0 aromatic heterocycles. The molecular weight excluding hydrogens is 282 g/mol. The second-order valence-corrected chi connectivity index (χ2v) is 7.75. The standard InChI is InChI=1S/C13H21NO3S2/c15-12(8-11-9-18-5-6-19-11)14-3-1-10(2-4-14)7-13(16)17/h10-11H,1-9H2,(H,16,17). The molecule has 0 aromatic rings. The number of carboxylic acids is 1. The monoisotopic (exact) mass is 303 g/mol. The molecule has 19 heavy (non-hydrogen) atoms. The average molecular weight is 303 g/mol. The van der Waals surface area contributed by atoms with Gasteiger partial charge in [0.1, 0.15) is 0 Å². The van der Waals surface area contributed by atoms with E-state index < -0.39 is 5.97 Å². The van der Waals surface area contributed by atoms with Gasteiger partial charge in [0.2, 0.25) is 5.91 Å². The molecule has 2 saturated heterocycles. The Morgan fingerprint density at radius 3 is 2.47 bits per heavy atom. The number of carboxylic acid groups (broad SMARTS) is 1. The van der Waals surface area contributed by atoms with Crippen molar-refractivity contribution in [2.75, 3.05) is 30.3 Å². The van der Waals surface area contributed by atoms with Gasteiger partial charge in [-0.25, -0.2) is 0 Å². The first-order chi connectivity index (χ1) is 9.15. The topological polar surface area (TPSA) is 57.6 Å². The minimum absolute atomic E-state index is 0.247. The van der Waals surface area contributed by atoms with E-state index in [1.54, 1.807) is 0 Å². The van der Waals surface area contributed by atoms with Crippen LogP contribution in [0.5, 0.6) is 0 Å². The summed E-state index contributed by atoms with van der Waals surface area (Å²) >= 11 is 3.86. The highest BCUT2D eigenvalue weighted by Crippen LogP contribution is 2.28. The highest BCUT2D eigenvalue weighted by Gasteiger charge is 2.26. The molecule has 1 unspecified atom stereocenters. The molecule has 1 N–H and O–H groups in total. The minimum atomic E-state index is -0.722. The number of aliphatic carboxylic acids is 1. The molecule has 0 bridgehead atoms. The van der Waals surface area contributed by atoms with Crippen molar-refractivity contribution in [3.63, 3.8) is 0 Å². The first-order valence-electron chi connectivity index (χ1n) is 6.84. The molecule has 4 nitrogen and oxygen atoms in total. The van der Waals surface area contributed by atoms with Gasteiger partial charge in [-0.15, -0.1) is 0 Å². The third kappa shape index (κ3) is 4.91. The normalized spacial score (nSPS) is 25.3. The number of carbonyl (C=O) groups is 2. The van der Waals surface area contributed by atoms with Gasteiger partial charge in [0, 0.05) is 48.4 Å². The van der Waals surface area contributed by atoms with Crippen LogP contribution in [0.1, 0.15) is 25.7 Å². The van der Waals surface area contributed by atoms with Crippen molar-refractivity contribution in [1.82, 2.24) is 4.90 Å². The molecule has 0 aromatic carbocycles. The molecule has 1 atom stereocenters. The van der Waals surface area contributed by atoms with Gasteiger partial charge in [0.15, 0.2) is 0 Å². The first kappa shape index (κ1) is 15.0. The summed E-state index contributed by atoms with van der Waals surface area (Å²) in [6.45, 7) is 1.47. The van der Waals surface area contributed by atoms with Crippen LogP contribution in [-0.4, -0.2) is 57.5 Å². The minimum Gasteiger partial charge on any atom is -0.481 e. The zero-order chi connectivity index (χ0) is 13.7. The lowest BCUT2D eigenvalue weighted by Crippen LogP contribution is -2.40. The predicted octanol–water partition coefficient (Wildman–Crippen LogP) is 1.94. The Hall–Kier alpha value is -0.360. The largest absolute Gasteiger partial charge is 0.481 e. The van der Waals surface area contributed by atoms with Crippen LogP contribution in [-0.2, 0) is 9.59 Å². The van der Waals surface area contributed by atoms with Crippen LogP contribution in [0.25, 0.3) is 0 Å². The number of carbonyl (C=O) groups excluding carboxylic acids is 1. The number of nitrogens with zero attached hydrogens (tertiary/aromatic N) is 1. The zero-order valence-electron chi connectivity index (χ0n) is 11.0. The summed E-state index contributed by atoms with van der Waals surface area (Å²) in [6, 6.07) is 0. The Balaban J connectivity index is 1.71. The number of rotatable bonds is 4. The first-order valence-corrected chi connectivity index (χ1v) is 9.04. The molecule has 1 amide bonds. The van der Waals surface area contributed by atoms with Gasteiger partial charge in [-0.3, -0.25) is 9.59 Å². The van der Waals surface area contributed by atoms with E-state index in [1.807, 2.05) is 28.4 Å². The molecule has 108 valence electrons. The van der Waals surface area contributed by atoms with E-state index in [-0.39, 0.29) is 18.2 Å². The fourth-order valence-corrected chi connectivity index (χ4v) is 5.28. The quantitative estimate of drug-likeness (QED) is 0.860. The highest BCUT2D eigenvalue weighted by molar-refractivity contribution is 8.06. The molecule has 0 radical (unpaired) electrons. The second-order valence-electron chi connectivity index (χ2n) is 5.19. The summed E-state index contributed by atoms with van der Waals surface area (Å²) in [5.74, 6) is 3.24. The zero-order valence-corrected chi connectivity index (χ0v) is 12.7. The fraction of sp³-hybridized carbons (Fsp3) is 0.846. The van der Waals surface area contributed by atoms with Crippen molar-refractivity contribution in [2.24, 2.45) is 5.92 Å². The van der Waals surface area contributed by atoms with Crippen molar-refractivity contribution in [2.45, 2.75) is 30.9 Å². The molecule has 6 heteroatoms. The van der Waals surface area contributed by atoms with Crippen LogP contribution < -0.4 is 0 Å². The maximum Gasteiger partial charge on any atom is 0.303 e. The van der Waals surface area contributed by atoms with Gasteiger partial charge < -0.3 is 10.0 Å². The van der Waals surface area contributed by atoms with E-state index in [0.29, 0.717) is 11.7 Å². The Kier molecular flexibility index (Phi) is 5.88. The van der Waals surface area contributed by atoms with E-state index in [9.17, 15) is 9.59 Å². The van der Waals surface area contributed by atoms with Crippen LogP contribution >= 0.6 is 23.5 Å². The van der Waals surface area contributed by atoms with Crippen molar-refractivity contribution >= 4 is 35.4 Å². The summed E-state index contributed by atoms with van der Waals surface area (Å²) in [5, 5.41) is 9.25. The lowest BCUT2D eigenvalue weighted by molar-refractivity contribution is -0.138. The summed E-state index contributed by atoms with van der Waals surface area (Å²) < 4.78 is 0. The maximum atomic E-state index is 12.2. The summed E-state index contributed by atoms with van der Waals surface area (Å²) in [5.41, 5.74) is 0. The predicted molar refractivity (Wildman–Crippen MR) is 79.7 cm³/mol. The van der Waals surface area contributed by atoms with Gasteiger partial charge in [-0.2, -0.15) is 23.5 Å². The molecule has 2 rings (SSSR count). The number of likely N-dealkylation sites (tertiary alicyclic amines) is 1. The van der Waals surface area contributed by atoms with E-state index in [4.69, 9.17) is 5.11 Å². The van der Waals surface area contributed by atoms with Crippen LogP contribution in [0.15, 0.2) is 0 Å². The van der Waals surface area contributed by atoms with Gasteiger partial charge in [0.25, 0.3) is 0 Å². The molecule has 0 saturated carbocycles. The summed E-state index contributed by atoms with van der Waals surface area (Å²) in [6.07, 6.45) is 2.58. The fourth-order valence-electron chi connectivity index (χ4n) is 2.61. The van der Waals surface area contributed by atoms with Crippen LogP contribution in [0, 0.1) is 5.92 Å². The number of amides is 1. The Morgan fingerprint density at radius 2 is 1.89 bits per heavy atom. The van der Waals surface area contributed by atoms with E-state index in [1.165, 1.54) is 5.75 Å². The molecule has 0 aliphatic carbocycles. The Bertz CT molecular complexity index is 324. The van der Waals surface area contributed by atoms with Crippen LogP contribution in [0.2, 0.25) is 0 Å². The molecule has 2 aliphatic heterocycles. The number of hydrogen-bond donors (Lipinski definition) is 1. The van der Waals surface area contributed by atoms with Gasteiger partial charge in [-0.1, -0.05) is 0 Å². The third-order valence-electron chi connectivity index (χ3n) is 3.72. The van der Waals surface area contributed by atoms with Gasteiger partial charge >= 0.3 is 5.97 Å². The van der Waals surface area contributed by atoms with Crippen molar-refractivity contribution in [3.8, 4) is 0 Å². The lowest BCUT2D eigenvalue weighted by atomic mass is 9.93. The van der Waals surface area contributed by atoms with Crippen molar-refractivity contribution in [3.05, 3.63) is 0 Å². The smallest absolute Gasteiger partial charge is 0.303 e. The van der Waals surface area contributed by atoms with Gasteiger partial charge in [-0.05, 0) is 18.8 Å². The SMILES string of the molecule is O=C(O)CC1CCN(C(=O)CC2CSCCS2)CC1.